The average molecular weight is 547 g/mol. The molecule has 33 heavy (non-hydrogen) atoms. The van der Waals surface area contributed by atoms with E-state index in [1.54, 1.807) is 6.07 Å². The van der Waals surface area contributed by atoms with Gasteiger partial charge in [-0.05, 0) is 73.0 Å². The summed E-state index contributed by atoms with van der Waals surface area (Å²) in [4.78, 5) is 4.69. The molecule has 0 saturated carbocycles. The van der Waals surface area contributed by atoms with Crippen molar-refractivity contribution in [3.63, 3.8) is 0 Å². The van der Waals surface area contributed by atoms with Crippen LogP contribution in [0.25, 0.3) is 22.2 Å². The predicted octanol–water partition coefficient (Wildman–Crippen LogP) is 6.95. The van der Waals surface area contributed by atoms with E-state index in [1.807, 2.05) is 76.2 Å². The van der Waals surface area contributed by atoms with E-state index in [-0.39, 0.29) is 6.04 Å². The summed E-state index contributed by atoms with van der Waals surface area (Å²) in [5, 5.41) is 5.82. The molecular formula is C25H25BrClN3O2S. The second-order valence-corrected chi connectivity index (χ2v) is 12.2. The van der Waals surface area contributed by atoms with Gasteiger partial charge >= 0.3 is 0 Å². The number of pyridine rings is 1. The number of nitrogens with zero attached hydrogens (tertiary/aromatic N) is 2. The molecule has 2 atom stereocenters. The molecule has 0 spiro atoms. The Hall–Kier alpha value is -1.90. The zero-order valence-electron chi connectivity index (χ0n) is 18.9. The Balaban J connectivity index is 1.82. The van der Waals surface area contributed by atoms with Crippen molar-refractivity contribution in [2.45, 2.75) is 44.9 Å². The molecule has 2 aromatic carbocycles. The van der Waals surface area contributed by atoms with Crippen LogP contribution >= 0.6 is 27.5 Å². The maximum absolute atomic E-state index is 13.2. The normalized spacial score (nSPS) is 13.9. The van der Waals surface area contributed by atoms with E-state index in [0.717, 1.165) is 38.1 Å². The molecule has 5 nitrogen and oxygen atoms in total. The van der Waals surface area contributed by atoms with Crippen molar-refractivity contribution in [2.24, 2.45) is 0 Å². The summed E-state index contributed by atoms with van der Waals surface area (Å²) in [7, 11) is 0. The first kappa shape index (κ1) is 24.2. The van der Waals surface area contributed by atoms with Crippen molar-refractivity contribution in [1.29, 1.82) is 0 Å². The molecule has 0 bridgehead atoms. The fourth-order valence-corrected chi connectivity index (χ4v) is 4.92. The van der Waals surface area contributed by atoms with Gasteiger partial charge in [-0.3, -0.25) is 0 Å². The zero-order chi connectivity index (χ0) is 23.8. The van der Waals surface area contributed by atoms with Crippen LogP contribution < -0.4 is 4.72 Å². The highest BCUT2D eigenvalue weighted by molar-refractivity contribution is 9.10. The molecule has 4 rings (SSSR count). The quantitative estimate of drug-likeness (QED) is 0.209. The number of aromatic nitrogens is 2. The first-order valence-electron chi connectivity index (χ1n) is 10.6. The molecule has 1 N–H and O–H groups in total. The van der Waals surface area contributed by atoms with Crippen LogP contribution in [0.3, 0.4) is 0 Å². The van der Waals surface area contributed by atoms with Crippen LogP contribution in [0.5, 0.6) is 0 Å². The summed E-state index contributed by atoms with van der Waals surface area (Å²) in [6.45, 7) is 7.90. The third kappa shape index (κ3) is 5.44. The molecular weight excluding hydrogens is 522 g/mol. The van der Waals surface area contributed by atoms with Crippen molar-refractivity contribution in [3.05, 3.63) is 81.0 Å². The van der Waals surface area contributed by atoms with Crippen LogP contribution in [0.2, 0.25) is 5.02 Å². The van der Waals surface area contributed by atoms with Crippen molar-refractivity contribution < 1.29 is 9.08 Å². The standard InChI is InChI=1S/C25H25BrClN3O2S/c1-15-9-12-23(26)28-20(15)14-21(30-33(31)25(2,3)4)17-7-5-6-8-18(17)24-19-11-10-16(27)13-22(19)32-29-24/h5-13,21,30H,14H2,1-4H3/t21-,33?/m0/s1. The van der Waals surface area contributed by atoms with E-state index < -0.39 is 16.1 Å². The molecule has 0 aliphatic heterocycles. The number of benzene rings is 2. The van der Waals surface area contributed by atoms with Crippen molar-refractivity contribution in [3.8, 4) is 11.3 Å². The predicted molar refractivity (Wildman–Crippen MR) is 139 cm³/mol. The van der Waals surface area contributed by atoms with Crippen LogP contribution in [0, 0.1) is 6.92 Å². The van der Waals surface area contributed by atoms with Gasteiger partial charge in [-0.2, -0.15) is 0 Å². The summed E-state index contributed by atoms with van der Waals surface area (Å²) in [5.41, 5.74) is 5.24. The summed E-state index contributed by atoms with van der Waals surface area (Å²) in [6.07, 6.45) is 0.561. The highest BCUT2D eigenvalue weighted by Gasteiger charge is 2.32. The third-order valence-corrected chi connectivity index (χ3v) is 7.68. The van der Waals surface area contributed by atoms with E-state index in [9.17, 15) is 4.55 Å². The summed E-state index contributed by atoms with van der Waals surface area (Å²) < 4.78 is 22.4. The van der Waals surface area contributed by atoms with Crippen LogP contribution in [0.15, 0.2) is 63.7 Å². The van der Waals surface area contributed by atoms with Gasteiger partial charge in [0.15, 0.2) is 5.58 Å². The molecule has 8 heteroatoms. The van der Waals surface area contributed by atoms with Gasteiger partial charge in [0.25, 0.3) is 0 Å². The number of rotatable bonds is 6. The second kappa shape index (κ2) is 9.76. The first-order valence-corrected chi connectivity index (χ1v) is 12.9. The molecule has 0 fully saturated rings. The maximum atomic E-state index is 13.2. The summed E-state index contributed by atoms with van der Waals surface area (Å²) in [6, 6.07) is 17.2. The smallest absolute Gasteiger partial charge is 0.169 e. The first-order chi connectivity index (χ1) is 15.6. The van der Waals surface area contributed by atoms with E-state index in [0.29, 0.717) is 17.0 Å². The Labute approximate surface area is 210 Å². The molecule has 0 aliphatic carbocycles. The van der Waals surface area contributed by atoms with E-state index >= 15 is 0 Å². The molecule has 172 valence electrons. The van der Waals surface area contributed by atoms with Crippen LogP contribution in [0.1, 0.15) is 43.6 Å². The average Bonchev–Trinajstić information content (AvgIpc) is 3.18. The lowest BCUT2D eigenvalue weighted by Gasteiger charge is -2.29. The Morgan fingerprint density at radius 2 is 1.91 bits per heavy atom. The number of hydrogen-bond donors (Lipinski definition) is 1. The number of aryl methyl sites for hydroxylation is 1. The Bertz CT molecular complexity index is 1290. The topological polar surface area (TPSA) is 74.0 Å². The molecule has 2 heterocycles. The van der Waals surface area contributed by atoms with Gasteiger partial charge in [-0.15, -0.1) is 4.72 Å². The number of nitrogens with one attached hydrogen (secondary N) is 1. The van der Waals surface area contributed by atoms with Crippen molar-refractivity contribution >= 4 is 49.9 Å². The Morgan fingerprint density at radius 3 is 2.67 bits per heavy atom. The fourth-order valence-electron chi connectivity index (χ4n) is 3.59. The number of halogens is 2. The van der Waals surface area contributed by atoms with Crippen molar-refractivity contribution in [1.82, 2.24) is 14.9 Å². The molecule has 1 unspecified atom stereocenters. The van der Waals surface area contributed by atoms with Gasteiger partial charge in [0, 0.05) is 45.5 Å². The maximum Gasteiger partial charge on any atom is 0.169 e. The minimum atomic E-state index is -1.29. The molecule has 2 aromatic heterocycles. The minimum absolute atomic E-state index is 0.263. The largest absolute Gasteiger partial charge is 0.598 e. The Kier molecular flexibility index (Phi) is 7.17. The van der Waals surface area contributed by atoms with Gasteiger partial charge in [0.05, 0.1) is 6.04 Å². The lowest BCUT2D eigenvalue weighted by Crippen LogP contribution is -2.42. The van der Waals surface area contributed by atoms with Gasteiger partial charge < -0.3 is 9.08 Å². The second-order valence-electron chi connectivity index (χ2n) is 8.91. The van der Waals surface area contributed by atoms with E-state index in [2.05, 4.69) is 30.8 Å². The van der Waals surface area contributed by atoms with Crippen LogP contribution in [-0.4, -0.2) is 19.4 Å². The van der Waals surface area contributed by atoms with E-state index in [1.165, 1.54) is 0 Å². The van der Waals surface area contributed by atoms with Crippen LogP contribution in [0.4, 0.5) is 0 Å². The summed E-state index contributed by atoms with van der Waals surface area (Å²) >= 11 is 8.32. The molecule has 0 radical (unpaired) electrons. The lowest BCUT2D eigenvalue weighted by molar-refractivity contribution is 0.459. The molecule has 0 amide bonds. The van der Waals surface area contributed by atoms with E-state index in [4.69, 9.17) is 16.1 Å². The molecule has 0 saturated heterocycles. The van der Waals surface area contributed by atoms with Gasteiger partial charge in [-0.25, -0.2) is 4.98 Å². The van der Waals surface area contributed by atoms with Crippen molar-refractivity contribution in [2.75, 3.05) is 0 Å². The van der Waals surface area contributed by atoms with Crippen LogP contribution in [-0.2, 0) is 17.8 Å². The summed E-state index contributed by atoms with van der Waals surface area (Å²) in [5.74, 6) is 0. The van der Waals surface area contributed by atoms with Gasteiger partial charge in [0.2, 0.25) is 0 Å². The minimum Gasteiger partial charge on any atom is -0.598 e. The number of hydrogen-bond acceptors (Lipinski definition) is 5. The zero-order valence-corrected chi connectivity index (χ0v) is 22.0. The van der Waals surface area contributed by atoms with Gasteiger partial charge in [-0.1, -0.05) is 47.1 Å². The highest BCUT2D eigenvalue weighted by Crippen LogP contribution is 2.36. The Morgan fingerprint density at radius 1 is 1.15 bits per heavy atom. The SMILES string of the molecule is Cc1ccc(Br)nc1C[C@H](N[S+]([O-])C(C)(C)C)c1ccccc1-c1noc2cc(Cl)ccc12. The third-order valence-electron chi connectivity index (χ3n) is 5.40. The molecule has 0 aliphatic rings. The van der Waals surface area contributed by atoms with Gasteiger partial charge in [0.1, 0.15) is 15.0 Å². The highest BCUT2D eigenvalue weighted by atomic mass is 79.9. The number of fused-ring (bicyclic) bond motifs is 1. The lowest BCUT2D eigenvalue weighted by atomic mass is 9.93. The fraction of sp³-hybridized carbons (Fsp3) is 0.280. The monoisotopic (exact) mass is 545 g/mol. The molecule has 4 aromatic rings.